The summed E-state index contributed by atoms with van der Waals surface area (Å²) < 4.78 is 1.06. The normalized spacial score (nSPS) is 10.1. The summed E-state index contributed by atoms with van der Waals surface area (Å²) in [6.07, 6.45) is 4.38. The zero-order valence-corrected chi connectivity index (χ0v) is 10.6. The molecule has 82 valence electrons. The molecule has 2 heterocycles. The van der Waals surface area contributed by atoms with Crippen molar-refractivity contribution in [3.05, 3.63) is 45.1 Å². The Morgan fingerprint density at radius 3 is 2.75 bits per heavy atom. The fourth-order valence-electron chi connectivity index (χ4n) is 1.13. The first kappa shape index (κ1) is 11.2. The third kappa shape index (κ3) is 2.86. The zero-order valence-electron chi connectivity index (χ0n) is 8.18. The maximum Gasteiger partial charge on any atom is 0.254 e. The average Bonchev–Trinajstić information content (AvgIpc) is 2.73. The van der Waals surface area contributed by atoms with E-state index in [2.05, 4.69) is 31.2 Å². The molecule has 6 heteroatoms. The minimum Gasteiger partial charge on any atom is -0.347 e. The molecule has 2 rings (SSSR count). The molecular weight excluding hydrogens is 290 g/mol. The van der Waals surface area contributed by atoms with Crippen molar-refractivity contribution < 1.29 is 4.79 Å². The highest BCUT2D eigenvalue weighted by Gasteiger charge is 2.05. The van der Waals surface area contributed by atoms with E-state index in [1.807, 2.05) is 12.1 Å². The SMILES string of the molecule is O=C(NCc1ccc(Br)s1)c1cncnc1. The second-order valence-corrected chi connectivity index (χ2v) is 5.56. The van der Waals surface area contributed by atoms with E-state index in [0.29, 0.717) is 12.1 Å². The second kappa shape index (κ2) is 5.18. The molecule has 0 aliphatic rings. The Kier molecular flexibility index (Phi) is 3.63. The molecule has 16 heavy (non-hydrogen) atoms. The van der Waals surface area contributed by atoms with Crippen LogP contribution in [0.4, 0.5) is 0 Å². The molecular formula is C10H8BrN3OS. The van der Waals surface area contributed by atoms with Crippen molar-refractivity contribution in [2.75, 3.05) is 0 Å². The standard InChI is InChI=1S/C10H8BrN3OS/c11-9-2-1-8(16-9)5-14-10(15)7-3-12-6-13-4-7/h1-4,6H,5H2,(H,14,15). The largest absolute Gasteiger partial charge is 0.347 e. The number of hydrogen-bond donors (Lipinski definition) is 1. The summed E-state index contributed by atoms with van der Waals surface area (Å²) in [5.74, 6) is -0.162. The third-order valence-corrected chi connectivity index (χ3v) is 3.50. The molecule has 2 aromatic heterocycles. The number of rotatable bonds is 3. The van der Waals surface area contributed by atoms with E-state index < -0.39 is 0 Å². The van der Waals surface area contributed by atoms with Gasteiger partial charge in [-0.1, -0.05) is 0 Å². The van der Waals surface area contributed by atoms with Gasteiger partial charge in [0.1, 0.15) is 6.33 Å². The van der Waals surface area contributed by atoms with Gasteiger partial charge in [0.2, 0.25) is 0 Å². The van der Waals surface area contributed by atoms with E-state index in [0.717, 1.165) is 8.66 Å². The van der Waals surface area contributed by atoms with Crippen LogP contribution in [0.1, 0.15) is 15.2 Å². The predicted octanol–water partition coefficient (Wildman–Crippen LogP) is 2.23. The maximum atomic E-state index is 11.6. The Hall–Kier alpha value is -1.27. The highest BCUT2D eigenvalue weighted by molar-refractivity contribution is 9.11. The summed E-state index contributed by atoms with van der Waals surface area (Å²) in [6, 6.07) is 3.92. The van der Waals surface area contributed by atoms with E-state index in [9.17, 15) is 4.79 Å². The van der Waals surface area contributed by atoms with Gasteiger partial charge in [0, 0.05) is 17.3 Å². The lowest BCUT2D eigenvalue weighted by Crippen LogP contribution is -2.22. The van der Waals surface area contributed by atoms with Crippen molar-refractivity contribution in [1.29, 1.82) is 0 Å². The number of aromatic nitrogens is 2. The molecule has 0 spiro atoms. The van der Waals surface area contributed by atoms with Gasteiger partial charge in [-0.15, -0.1) is 11.3 Å². The van der Waals surface area contributed by atoms with Crippen LogP contribution in [-0.4, -0.2) is 15.9 Å². The molecule has 0 aliphatic heterocycles. The van der Waals surface area contributed by atoms with E-state index in [4.69, 9.17) is 0 Å². The van der Waals surface area contributed by atoms with Crippen LogP contribution >= 0.6 is 27.3 Å². The zero-order chi connectivity index (χ0) is 11.4. The average molecular weight is 298 g/mol. The van der Waals surface area contributed by atoms with Gasteiger partial charge in [-0.2, -0.15) is 0 Å². The maximum absolute atomic E-state index is 11.6. The van der Waals surface area contributed by atoms with Gasteiger partial charge in [-0.3, -0.25) is 4.79 Å². The quantitative estimate of drug-likeness (QED) is 0.945. The first-order valence-corrected chi connectivity index (χ1v) is 6.14. The lowest BCUT2D eigenvalue weighted by Gasteiger charge is -2.01. The number of nitrogens with one attached hydrogen (secondary N) is 1. The highest BCUT2D eigenvalue weighted by atomic mass is 79.9. The van der Waals surface area contributed by atoms with Gasteiger partial charge in [-0.25, -0.2) is 9.97 Å². The summed E-state index contributed by atoms with van der Waals surface area (Å²) >= 11 is 4.97. The number of carbonyl (C=O) groups excluding carboxylic acids is 1. The Labute approximate surface area is 105 Å². The van der Waals surface area contributed by atoms with Crippen LogP contribution in [-0.2, 0) is 6.54 Å². The van der Waals surface area contributed by atoms with Crippen LogP contribution < -0.4 is 5.32 Å². The first-order chi connectivity index (χ1) is 7.75. The minimum atomic E-state index is -0.162. The van der Waals surface area contributed by atoms with Crippen LogP contribution in [0, 0.1) is 0 Å². The number of amides is 1. The fraction of sp³-hybridized carbons (Fsp3) is 0.100. The molecule has 0 bridgehead atoms. The first-order valence-electron chi connectivity index (χ1n) is 4.53. The van der Waals surface area contributed by atoms with Crippen LogP contribution in [0.2, 0.25) is 0 Å². The van der Waals surface area contributed by atoms with Crippen LogP contribution in [0.25, 0.3) is 0 Å². The molecule has 0 unspecified atom stereocenters. The van der Waals surface area contributed by atoms with Crippen molar-refractivity contribution >= 4 is 33.2 Å². The molecule has 0 aliphatic carbocycles. The lowest BCUT2D eigenvalue weighted by molar-refractivity contribution is 0.0950. The van der Waals surface area contributed by atoms with E-state index in [1.54, 1.807) is 11.3 Å². The number of carbonyl (C=O) groups is 1. The van der Waals surface area contributed by atoms with E-state index in [1.165, 1.54) is 18.7 Å². The number of halogens is 1. The van der Waals surface area contributed by atoms with Crippen molar-refractivity contribution in [2.45, 2.75) is 6.54 Å². The molecule has 1 N–H and O–H groups in total. The van der Waals surface area contributed by atoms with Gasteiger partial charge in [0.25, 0.3) is 5.91 Å². The van der Waals surface area contributed by atoms with Gasteiger partial charge in [0.15, 0.2) is 0 Å². The van der Waals surface area contributed by atoms with Gasteiger partial charge in [-0.05, 0) is 28.1 Å². The van der Waals surface area contributed by atoms with Crippen molar-refractivity contribution in [3.63, 3.8) is 0 Å². The molecule has 0 radical (unpaired) electrons. The Morgan fingerprint density at radius 1 is 1.38 bits per heavy atom. The Morgan fingerprint density at radius 2 is 2.12 bits per heavy atom. The van der Waals surface area contributed by atoms with Gasteiger partial charge >= 0.3 is 0 Å². The predicted molar refractivity (Wildman–Crippen MR) is 65.2 cm³/mol. The smallest absolute Gasteiger partial charge is 0.254 e. The van der Waals surface area contributed by atoms with Crippen LogP contribution in [0.3, 0.4) is 0 Å². The molecule has 0 saturated heterocycles. The molecule has 2 aromatic rings. The van der Waals surface area contributed by atoms with Gasteiger partial charge < -0.3 is 5.32 Å². The van der Waals surface area contributed by atoms with E-state index >= 15 is 0 Å². The number of thiophene rings is 1. The summed E-state index contributed by atoms with van der Waals surface area (Å²) in [5.41, 5.74) is 0.470. The van der Waals surface area contributed by atoms with Crippen molar-refractivity contribution in [3.8, 4) is 0 Å². The molecule has 0 saturated carbocycles. The van der Waals surface area contributed by atoms with Gasteiger partial charge in [0.05, 0.1) is 15.9 Å². The molecule has 0 aromatic carbocycles. The second-order valence-electron chi connectivity index (χ2n) is 3.02. The molecule has 0 fully saturated rings. The summed E-state index contributed by atoms with van der Waals surface area (Å²) in [7, 11) is 0. The number of hydrogen-bond acceptors (Lipinski definition) is 4. The minimum absolute atomic E-state index is 0.162. The lowest BCUT2D eigenvalue weighted by atomic mass is 10.3. The Bertz CT molecular complexity index is 486. The Balaban J connectivity index is 1.94. The number of nitrogens with zero attached hydrogens (tertiary/aromatic N) is 2. The fourth-order valence-corrected chi connectivity index (χ4v) is 2.56. The summed E-state index contributed by atoms with van der Waals surface area (Å²) in [4.78, 5) is 20.3. The van der Waals surface area contributed by atoms with Crippen LogP contribution in [0.15, 0.2) is 34.6 Å². The monoisotopic (exact) mass is 297 g/mol. The van der Waals surface area contributed by atoms with Crippen molar-refractivity contribution in [1.82, 2.24) is 15.3 Å². The van der Waals surface area contributed by atoms with E-state index in [-0.39, 0.29) is 5.91 Å². The van der Waals surface area contributed by atoms with Crippen molar-refractivity contribution in [2.24, 2.45) is 0 Å². The summed E-state index contributed by atoms with van der Waals surface area (Å²) in [5, 5.41) is 2.80. The molecule has 4 nitrogen and oxygen atoms in total. The third-order valence-electron chi connectivity index (χ3n) is 1.87. The van der Waals surface area contributed by atoms with Crippen LogP contribution in [0.5, 0.6) is 0 Å². The highest BCUT2D eigenvalue weighted by Crippen LogP contribution is 2.21. The molecule has 0 atom stereocenters. The molecule has 1 amide bonds. The summed E-state index contributed by atoms with van der Waals surface area (Å²) in [6.45, 7) is 0.518. The topological polar surface area (TPSA) is 54.9 Å².